The summed E-state index contributed by atoms with van der Waals surface area (Å²) in [6, 6.07) is 5.41. The molecule has 3 heteroatoms. The summed E-state index contributed by atoms with van der Waals surface area (Å²) in [5.74, 6) is 0.641. The highest BCUT2D eigenvalue weighted by Crippen LogP contribution is 2.27. The summed E-state index contributed by atoms with van der Waals surface area (Å²) in [5.41, 5.74) is 0.181. The van der Waals surface area contributed by atoms with E-state index in [4.69, 9.17) is 0 Å². The van der Waals surface area contributed by atoms with Crippen LogP contribution in [0.2, 0.25) is 0 Å². The first kappa shape index (κ1) is 16.7. The first-order chi connectivity index (χ1) is 8.72. The smallest absolute Gasteiger partial charge is 0.0413 e. The lowest BCUT2D eigenvalue weighted by atomic mass is 9.99. The Morgan fingerprint density at radius 2 is 1.89 bits per heavy atom. The van der Waals surface area contributed by atoms with Gasteiger partial charge in [-0.25, -0.2) is 0 Å². The molecule has 0 spiro atoms. The van der Waals surface area contributed by atoms with Gasteiger partial charge in [0.25, 0.3) is 0 Å². The van der Waals surface area contributed by atoms with Gasteiger partial charge >= 0.3 is 0 Å². The highest BCUT2D eigenvalue weighted by Gasteiger charge is 2.25. The second kappa shape index (κ2) is 6.87. The van der Waals surface area contributed by atoms with Crippen LogP contribution in [0.5, 0.6) is 0 Å². The number of rotatable bonds is 6. The van der Waals surface area contributed by atoms with Crippen molar-refractivity contribution in [2.75, 3.05) is 13.6 Å². The van der Waals surface area contributed by atoms with Crippen molar-refractivity contribution in [3.8, 4) is 0 Å². The SMILES string of the molecule is CC(C)C(CNC(C)(C)C)N(C)C(C)c1cccs1. The number of thiophene rings is 1. The monoisotopic (exact) mass is 282 g/mol. The molecule has 0 aliphatic rings. The molecule has 2 nitrogen and oxygen atoms in total. The van der Waals surface area contributed by atoms with Crippen LogP contribution < -0.4 is 5.32 Å². The Labute approximate surface area is 123 Å². The summed E-state index contributed by atoms with van der Waals surface area (Å²) in [6.45, 7) is 14.7. The summed E-state index contributed by atoms with van der Waals surface area (Å²) >= 11 is 1.85. The van der Waals surface area contributed by atoms with Gasteiger partial charge in [0.2, 0.25) is 0 Å². The van der Waals surface area contributed by atoms with Crippen LogP contribution in [0.1, 0.15) is 52.5 Å². The summed E-state index contributed by atoms with van der Waals surface area (Å²) in [4.78, 5) is 3.96. The van der Waals surface area contributed by atoms with E-state index in [0.717, 1.165) is 6.54 Å². The van der Waals surface area contributed by atoms with Crippen molar-refractivity contribution >= 4 is 11.3 Å². The minimum absolute atomic E-state index is 0.181. The molecular formula is C16H30N2S. The van der Waals surface area contributed by atoms with Crippen molar-refractivity contribution in [2.45, 2.75) is 59.2 Å². The van der Waals surface area contributed by atoms with Crippen molar-refractivity contribution in [1.29, 1.82) is 0 Å². The summed E-state index contributed by atoms with van der Waals surface area (Å²) in [7, 11) is 2.25. The molecule has 0 fully saturated rings. The van der Waals surface area contributed by atoms with E-state index in [1.165, 1.54) is 4.88 Å². The molecule has 19 heavy (non-hydrogen) atoms. The predicted octanol–water partition coefficient (Wildman–Crippen LogP) is 4.15. The third kappa shape index (κ3) is 5.25. The molecule has 1 rings (SSSR count). The molecule has 0 radical (unpaired) electrons. The zero-order valence-corrected chi connectivity index (χ0v) is 14.3. The van der Waals surface area contributed by atoms with Gasteiger partial charge in [-0.15, -0.1) is 11.3 Å². The first-order valence-corrected chi connectivity index (χ1v) is 8.10. The topological polar surface area (TPSA) is 15.3 Å². The molecule has 0 saturated heterocycles. The van der Waals surface area contributed by atoms with E-state index in [0.29, 0.717) is 18.0 Å². The molecule has 1 aromatic rings. The fraction of sp³-hybridized carbons (Fsp3) is 0.750. The molecule has 1 N–H and O–H groups in total. The van der Waals surface area contributed by atoms with E-state index in [1.807, 2.05) is 11.3 Å². The van der Waals surface area contributed by atoms with E-state index in [2.05, 4.69) is 76.3 Å². The Morgan fingerprint density at radius 3 is 2.32 bits per heavy atom. The Bertz CT molecular complexity index is 351. The van der Waals surface area contributed by atoms with Crippen molar-refractivity contribution in [3.05, 3.63) is 22.4 Å². The molecule has 0 saturated carbocycles. The Hall–Kier alpha value is -0.380. The van der Waals surface area contributed by atoms with Crippen molar-refractivity contribution in [3.63, 3.8) is 0 Å². The van der Waals surface area contributed by atoms with Gasteiger partial charge < -0.3 is 5.32 Å². The van der Waals surface area contributed by atoms with Crippen LogP contribution in [0.3, 0.4) is 0 Å². The molecule has 0 aliphatic heterocycles. The lowest BCUT2D eigenvalue weighted by molar-refractivity contribution is 0.136. The molecule has 0 bridgehead atoms. The van der Waals surface area contributed by atoms with E-state index < -0.39 is 0 Å². The number of nitrogens with zero attached hydrogens (tertiary/aromatic N) is 1. The first-order valence-electron chi connectivity index (χ1n) is 7.22. The third-order valence-electron chi connectivity index (χ3n) is 3.70. The number of hydrogen-bond acceptors (Lipinski definition) is 3. The quantitative estimate of drug-likeness (QED) is 0.843. The van der Waals surface area contributed by atoms with Gasteiger partial charge in [0, 0.05) is 29.0 Å². The van der Waals surface area contributed by atoms with Crippen LogP contribution in [-0.2, 0) is 0 Å². The maximum absolute atomic E-state index is 3.65. The molecule has 1 aromatic heterocycles. The van der Waals surface area contributed by atoms with Gasteiger partial charge in [0.1, 0.15) is 0 Å². The van der Waals surface area contributed by atoms with Crippen LogP contribution in [0, 0.1) is 5.92 Å². The van der Waals surface area contributed by atoms with Crippen LogP contribution in [0.25, 0.3) is 0 Å². The summed E-state index contributed by atoms with van der Waals surface area (Å²) in [5, 5.41) is 5.81. The standard InChI is InChI=1S/C16H30N2S/c1-12(2)14(11-17-16(4,5)6)18(7)13(3)15-9-8-10-19-15/h8-10,12-14,17H,11H2,1-7H3. The molecule has 0 aliphatic carbocycles. The second-order valence-corrected chi connectivity index (χ2v) is 7.78. The van der Waals surface area contributed by atoms with E-state index >= 15 is 0 Å². The Balaban J connectivity index is 2.70. The van der Waals surface area contributed by atoms with Gasteiger partial charge in [0.15, 0.2) is 0 Å². The largest absolute Gasteiger partial charge is 0.311 e. The van der Waals surface area contributed by atoms with E-state index in [9.17, 15) is 0 Å². The Morgan fingerprint density at radius 1 is 1.26 bits per heavy atom. The minimum Gasteiger partial charge on any atom is -0.311 e. The highest BCUT2D eigenvalue weighted by atomic mass is 32.1. The average molecular weight is 282 g/mol. The highest BCUT2D eigenvalue weighted by molar-refractivity contribution is 7.10. The van der Waals surface area contributed by atoms with Gasteiger partial charge in [-0.1, -0.05) is 19.9 Å². The van der Waals surface area contributed by atoms with Crippen LogP contribution >= 0.6 is 11.3 Å². The molecule has 0 aromatic carbocycles. The average Bonchev–Trinajstić information content (AvgIpc) is 2.79. The van der Waals surface area contributed by atoms with Gasteiger partial charge in [-0.3, -0.25) is 4.90 Å². The molecule has 2 unspecified atom stereocenters. The Kier molecular flexibility index (Phi) is 6.03. The molecule has 0 amide bonds. The number of nitrogens with one attached hydrogen (secondary N) is 1. The summed E-state index contributed by atoms with van der Waals surface area (Å²) < 4.78 is 0. The van der Waals surface area contributed by atoms with Crippen LogP contribution in [0.15, 0.2) is 17.5 Å². The van der Waals surface area contributed by atoms with E-state index in [1.54, 1.807) is 0 Å². The lowest BCUT2D eigenvalue weighted by Crippen LogP contribution is -2.49. The minimum atomic E-state index is 0.181. The lowest BCUT2D eigenvalue weighted by Gasteiger charge is -2.37. The predicted molar refractivity (Wildman–Crippen MR) is 86.9 cm³/mol. The van der Waals surface area contributed by atoms with Gasteiger partial charge in [-0.2, -0.15) is 0 Å². The van der Waals surface area contributed by atoms with Gasteiger partial charge in [0.05, 0.1) is 0 Å². The maximum atomic E-state index is 3.65. The molecule has 1 heterocycles. The number of likely N-dealkylation sites (N-methyl/N-ethyl adjacent to an activating group) is 1. The van der Waals surface area contributed by atoms with Crippen molar-refractivity contribution in [1.82, 2.24) is 10.2 Å². The van der Waals surface area contributed by atoms with E-state index in [-0.39, 0.29) is 5.54 Å². The van der Waals surface area contributed by atoms with Crippen molar-refractivity contribution < 1.29 is 0 Å². The fourth-order valence-electron chi connectivity index (χ4n) is 2.28. The zero-order chi connectivity index (χ0) is 14.6. The van der Waals surface area contributed by atoms with Crippen LogP contribution in [-0.4, -0.2) is 30.1 Å². The molecule has 110 valence electrons. The normalized spacial score (nSPS) is 16.1. The van der Waals surface area contributed by atoms with Crippen molar-refractivity contribution in [2.24, 2.45) is 5.92 Å². The zero-order valence-electron chi connectivity index (χ0n) is 13.5. The maximum Gasteiger partial charge on any atom is 0.0413 e. The fourth-order valence-corrected chi connectivity index (χ4v) is 3.11. The molecule has 2 atom stereocenters. The van der Waals surface area contributed by atoms with Gasteiger partial charge in [-0.05, 0) is 52.1 Å². The summed E-state index contributed by atoms with van der Waals surface area (Å²) in [6.07, 6.45) is 0. The second-order valence-electron chi connectivity index (χ2n) is 6.80. The van der Waals surface area contributed by atoms with Crippen LogP contribution in [0.4, 0.5) is 0 Å². The molecular weight excluding hydrogens is 252 g/mol. The number of hydrogen-bond donors (Lipinski definition) is 1. The third-order valence-corrected chi connectivity index (χ3v) is 4.74.